The summed E-state index contributed by atoms with van der Waals surface area (Å²) >= 11 is 7.25. The summed E-state index contributed by atoms with van der Waals surface area (Å²) < 4.78 is 27.1. The molecule has 0 saturated carbocycles. The summed E-state index contributed by atoms with van der Waals surface area (Å²) in [6.07, 6.45) is 0. The van der Waals surface area contributed by atoms with Gasteiger partial charge in [0, 0.05) is 12.1 Å². The third-order valence-electron chi connectivity index (χ3n) is 3.41. The summed E-state index contributed by atoms with van der Waals surface area (Å²) in [5.41, 5.74) is 0.877. The second-order valence-electron chi connectivity index (χ2n) is 5.13. The van der Waals surface area contributed by atoms with Crippen LogP contribution in [0.3, 0.4) is 0 Å². The van der Waals surface area contributed by atoms with Crippen molar-refractivity contribution in [2.24, 2.45) is 12.0 Å². The highest BCUT2D eigenvalue weighted by Crippen LogP contribution is 2.21. The van der Waals surface area contributed by atoms with Crippen LogP contribution >= 0.6 is 22.9 Å². The second-order valence-corrected chi connectivity index (χ2v) is 8.57. The van der Waals surface area contributed by atoms with Gasteiger partial charge in [-0.1, -0.05) is 41.1 Å². The van der Waals surface area contributed by atoms with E-state index >= 15 is 0 Å². The number of fused-ring (bicyclic) bond motifs is 1. The van der Waals surface area contributed by atoms with Crippen LogP contribution in [-0.4, -0.2) is 24.6 Å². The standard InChI is InChI=1S/C16H13ClN2O3S2/c1-19-13-8-7-11(17)9-14(13)23-16(19)18-15(20)10-24(21,22)12-5-3-2-4-6-12/h2-9H,10H2,1H3. The third-order valence-corrected chi connectivity index (χ3v) is 6.35. The van der Waals surface area contributed by atoms with Crippen LogP contribution in [0.2, 0.25) is 5.02 Å². The van der Waals surface area contributed by atoms with Gasteiger partial charge in [-0.15, -0.1) is 0 Å². The molecule has 5 nitrogen and oxygen atoms in total. The average Bonchev–Trinajstić information content (AvgIpc) is 2.83. The highest BCUT2D eigenvalue weighted by molar-refractivity contribution is 7.92. The minimum absolute atomic E-state index is 0.112. The number of nitrogens with zero attached hydrogens (tertiary/aromatic N) is 2. The number of halogens is 1. The average molecular weight is 381 g/mol. The molecule has 0 N–H and O–H groups in total. The Balaban J connectivity index is 1.94. The van der Waals surface area contributed by atoms with E-state index < -0.39 is 21.5 Å². The van der Waals surface area contributed by atoms with E-state index in [-0.39, 0.29) is 4.90 Å². The van der Waals surface area contributed by atoms with Crippen LogP contribution in [0.5, 0.6) is 0 Å². The molecule has 0 bridgehead atoms. The van der Waals surface area contributed by atoms with Gasteiger partial charge in [0.05, 0.1) is 15.1 Å². The van der Waals surface area contributed by atoms with Crippen LogP contribution in [0.4, 0.5) is 0 Å². The largest absolute Gasteiger partial charge is 0.319 e. The van der Waals surface area contributed by atoms with Crippen molar-refractivity contribution < 1.29 is 13.2 Å². The summed E-state index contributed by atoms with van der Waals surface area (Å²) in [6, 6.07) is 13.2. The summed E-state index contributed by atoms with van der Waals surface area (Å²) in [6.45, 7) is 0. The van der Waals surface area contributed by atoms with Gasteiger partial charge < -0.3 is 4.57 Å². The van der Waals surface area contributed by atoms with E-state index in [1.165, 1.54) is 23.5 Å². The summed E-state index contributed by atoms with van der Waals surface area (Å²) in [7, 11) is -1.93. The Kier molecular flexibility index (Phi) is 4.58. The molecule has 1 aromatic heterocycles. The Hall–Kier alpha value is -1.96. The number of rotatable bonds is 3. The molecule has 3 rings (SSSR count). The number of sulfone groups is 1. The van der Waals surface area contributed by atoms with Crippen LogP contribution in [0.25, 0.3) is 10.2 Å². The zero-order valence-electron chi connectivity index (χ0n) is 12.6. The third kappa shape index (κ3) is 3.43. The molecule has 1 amide bonds. The van der Waals surface area contributed by atoms with Gasteiger partial charge in [-0.05, 0) is 30.3 Å². The summed E-state index contributed by atoms with van der Waals surface area (Å²) in [5, 5.41) is 0.592. The van der Waals surface area contributed by atoms with E-state index in [1.54, 1.807) is 41.9 Å². The van der Waals surface area contributed by atoms with Crippen LogP contribution in [-0.2, 0) is 21.7 Å². The molecule has 3 aromatic rings. The van der Waals surface area contributed by atoms with Crippen LogP contribution < -0.4 is 4.80 Å². The molecular formula is C16H13ClN2O3S2. The van der Waals surface area contributed by atoms with Gasteiger partial charge in [0.1, 0.15) is 5.75 Å². The molecule has 0 atom stereocenters. The Morgan fingerprint density at radius 3 is 2.62 bits per heavy atom. The molecule has 24 heavy (non-hydrogen) atoms. The molecule has 124 valence electrons. The predicted molar refractivity (Wildman–Crippen MR) is 94.9 cm³/mol. The van der Waals surface area contributed by atoms with Gasteiger partial charge >= 0.3 is 0 Å². The van der Waals surface area contributed by atoms with Crippen molar-refractivity contribution in [3.05, 3.63) is 58.4 Å². The first kappa shape index (κ1) is 16.9. The van der Waals surface area contributed by atoms with Crippen LogP contribution in [0.15, 0.2) is 58.4 Å². The van der Waals surface area contributed by atoms with E-state index in [0.717, 1.165) is 10.2 Å². The van der Waals surface area contributed by atoms with Gasteiger partial charge in [-0.25, -0.2) is 8.42 Å². The first-order valence-electron chi connectivity index (χ1n) is 6.97. The van der Waals surface area contributed by atoms with Crippen molar-refractivity contribution in [3.63, 3.8) is 0 Å². The van der Waals surface area contributed by atoms with E-state index in [4.69, 9.17) is 11.6 Å². The van der Waals surface area contributed by atoms with Gasteiger partial charge in [-0.2, -0.15) is 4.99 Å². The minimum atomic E-state index is -3.70. The van der Waals surface area contributed by atoms with Crippen molar-refractivity contribution in [1.29, 1.82) is 0 Å². The lowest BCUT2D eigenvalue weighted by atomic mass is 10.3. The highest BCUT2D eigenvalue weighted by Gasteiger charge is 2.19. The molecule has 2 aromatic carbocycles. The number of aryl methyl sites for hydroxylation is 1. The number of aromatic nitrogens is 1. The van der Waals surface area contributed by atoms with Gasteiger partial charge in [-0.3, -0.25) is 4.79 Å². The number of carbonyl (C=O) groups excluding carboxylic acids is 1. The molecule has 0 fully saturated rings. The van der Waals surface area contributed by atoms with Crippen molar-refractivity contribution in [2.75, 3.05) is 5.75 Å². The monoisotopic (exact) mass is 380 g/mol. The van der Waals surface area contributed by atoms with Crippen LogP contribution in [0.1, 0.15) is 0 Å². The lowest BCUT2D eigenvalue weighted by Gasteiger charge is -2.00. The number of carbonyl (C=O) groups is 1. The summed E-state index contributed by atoms with van der Waals surface area (Å²) in [4.78, 5) is 16.6. The lowest BCUT2D eigenvalue weighted by Crippen LogP contribution is -2.19. The predicted octanol–water partition coefficient (Wildman–Crippen LogP) is 2.79. The van der Waals surface area contributed by atoms with E-state index in [0.29, 0.717) is 9.82 Å². The van der Waals surface area contributed by atoms with Crippen LogP contribution in [0, 0.1) is 0 Å². The van der Waals surface area contributed by atoms with Crippen molar-refractivity contribution in [1.82, 2.24) is 4.57 Å². The SMILES string of the molecule is Cn1c(=NC(=O)CS(=O)(=O)c2ccccc2)sc2cc(Cl)ccc21. The zero-order valence-corrected chi connectivity index (χ0v) is 15.0. The Morgan fingerprint density at radius 2 is 1.92 bits per heavy atom. The molecule has 0 spiro atoms. The van der Waals surface area contributed by atoms with Gasteiger partial charge in [0.25, 0.3) is 5.91 Å². The molecule has 0 saturated heterocycles. The number of benzene rings is 2. The molecule has 0 aliphatic rings. The highest BCUT2D eigenvalue weighted by atomic mass is 35.5. The fourth-order valence-corrected chi connectivity index (χ4v) is 4.67. The quantitative estimate of drug-likeness (QED) is 0.701. The lowest BCUT2D eigenvalue weighted by molar-refractivity contribution is -0.115. The Labute approximate surface area is 147 Å². The van der Waals surface area contributed by atoms with Gasteiger partial charge in [0.15, 0.2) is 14.6 Å². The fraction of sp³-hybridized carbons (Fsp3) is 0.125. The van der Waals surface area contributed by atoms with Crippen molar-refractivity contribution in [2.45, 2.75) is 4.90 Å². The molecule has 0 aliphatic carbocycles. The fourth-order valence-electron chi connectivity index (χ4n) is 2.23. The Bertz CT molecular complexity index is 1080. The van der Waals surface area contributed by atoms with E-state index in [9.17, 15) is 13.2 Å². The first-order chi connectivity index (χ1) is 11.4. The smallest absolute Gasteiger partial charge is 0.263 e. The Morgan fingerprint density at radius 1 is 1.21 bits per heavy atom. The maximum absolute atomic E-state index is 12.2. The number of thiazole rings is 1. The topological polar surface area (TPSA) is 68.5 Å². The number of hydrogen-bond acceptors (Lipinski definition) is 4. The molecule has 1 heterocycles. The van der Waals surface area contributed by atoms with E-state index in [2.05, 4.69) is 4.99 Å². The maximum atomic E-state index is 12.2. The normalized spacial score (nSPS) is 12.7. The molecule has 0 aliphatic heterocycles. The van der Waals surface area contributed by atoms with E-state index in [1.807, 2.05) is 6.07 Å². The van der Waals surface area contributed by atoms with Crippen molar-refractivity contribution >= 4 is 48.9 Å². The first-order valence-corrected chi connectivity index (χ1v) is 9.82. The molecule has 0 unspecified atom stereocenters. The molecule has 0 radical (unpaired) electrons. The zero-order chi connectivity index (χ0) is 17.3. The summed E-state index contributed by atoms with van der Waals surface area (Å²) in [5.74, 6) is -1.36. The molecule has 8 heteroatoms. The minimum Gasteiger partial charge on any atom is -0.319 e. The van der Waals surface area contributed by atoms with Gasteiger partial charge in [0.2, 0.25) is 0 Å². The number of hydrogen-bond donors (Lipinski definition) is 0. The number of amides is 1. The molecular weight excluding hydrogens is 368 g/mol. The maximum Gasteiger partial charge on any atom is 0.263 e. The van der Waals surface area contributed by atoms with Crippen molar-refractivity contribution in [3.8, 4) is 0 Å². The second kappa shape index (κ2) is 6.51.